The number of benzene rings is 1. The van der Waals surface area contributed by atoms with Gasteiger partial charge in [0.05, 0.1) is 23.1 Å². The number of nitrogen functional groups attached to an aromatic ring is 1. The fraction of sp³-hybridized carbons (Fsp3) is 0.0667. The summed E-state index contributed by atoms with van der Waals surface area (Å²) in [7, 11) is 0. The van der Waals surface area contributed by atoms with E-state index >= 15 is 0 Å². The van der Waals surface area contributed by atoms with Crippen molar-refractivity contribution >= 4 is 28.2 Å². The van der Waals surface area contributed by atoms with Crippen molar-refractivity contribution in [2.75, 3.05) is 11.1 Å². The number of anilines is 2. The lowest BCUT2D eigenvalue weighted by Gasteiger charge is -2.03. The van der Waals surface area contributed by atoms with Gasteiger partial charge in [-0.2, -0.15) is 0 Å². The zero-order valence-electron chi connectivity index (χ0n) is 11.0. The summed E-state index contributed by atoms with van der Waals surface area (Å²) in [4.78, 5) is 19.3. The molecule has 3 aromatic rings. The normalized spacial score (nSPS) is 10.7. The highest BCUT2D eigenvalue weighted by Gasteiger charge is 2.11. The van der Waals surface area contributed by atoms with Gasteiger partial charge in [0.25, 0.3) is 5.91 Å². The first-order valence-electron chi connectivity index (χ1n) is 6.24. The van der Waals surface area contributed by atoms with Crippen LogP contribution in [0.15, 0.2) is 42.7 Å². The van der Waals surface area contributed by atoms with Crippen LogP contribution in [0.1, 0.15) is 16.1 Å². The average Bonchev–Trinajstić information content (AvgIpc) is 2.84. The van der Waals surface area contributed by atoms with Crippen molar-refractivity contribution in [2.45, 2.75) is 6.92 Å². The Bertz CT molecular complexity index is 791. The Hall–Kier alpha value is -2.82. The zero-order valence-corrected chi connectivity index (χ0v) is 11.0. The van der Waals surface area contributed by atoms with Crippen LogP contribution in [0.3, 0.4) is 0 Å². The number of carbonyl (C=O) groups is 1. The molecule has 4 N–H and O–H groups in total. The number of hydrogen-bond donors (Lipinski definition) is 3. The molecule has 0 atom stereocenters. The first-order chi connectivity index (χ1) is 9.63. The van der Waals surface area contributed by atoms with Gasteiger partial charge in [-0.25, -0.2) is 0 Å². The van der Waals surface area contributed by atoms with Gasteiger partial charge in [0.15, 0.2) is 0 Å². The molecule has 0 bridgehead atoms. The Labute approximate surface area is 115 Å². The molecular formula is C15H14N4O. The van der Waals surface area contributed by atoms with Crippen LogP contribution in [0.25, 0.3) is 10.9 Å². The second-order valence-corrected chi connectivity index (χ2v) is 4.70. The number of rotatable bonds is 2. The molecular weight excluding hydrogens is 252 g/mol. The summed E-state index contributed by atoms with van der Waals surface area (Å²) < 4.78 is 0. The van der Waals surface area contributed by atoms with E-state index in [9.17, 15) is 4.79 Å². The lowest BCUT2D eigenvalue weighted by molar-refractivity contribution is 0.102. The van der Waals surface area contributed by atoms with Gasteiger partial charge in [-0.3, -0.25) is 9.78 Å². The smallest absolute Gasteiger partial charge is 0.272 e. The Morgan fingerprint density at radius 3 is 2.90 bits per heavy atom. The van der Waals surface area contributed by atoms with Crippen LogP contribution in [-0.4, -0.2) is 15.9 Å². The number of amides is 1. The summed E-state index contributed by atoms with van der Waals surface area (Å²) in [6, 6.07) is 9.21. The fourth-order valence-electron chi connectivity index (χ4n) is 2.12. The minimum absolute atomic E-state index is 0.215. The van der Waals surface area contributed by atoms with E-state index in [0.29, 0.717) is 17.1 Å². The van der Waals surface area contributed by atoms with Gasteiger partial charge in [0.2, 0.25) is 0 Å². The zero-order chi connectivity index (χ0) is 14.1. The Morgan fingerprint density at radius 1 is 1.30 bits per heavy atom. The second-order valence-electron chi connectivity index (χ2n) is 4.70. The van der Waals surface area contributed by atoms with Gasteiger partial charge in [-0.1, -0.05) is 12.1 Å². The third-order valence-electron chi connectivity index (χ3n) is 3.07. The second kappa shape index (κ2) is 4.70. The maximum absolute atomic E-state index is 12.2. The average molecular weight is 266 g/mol. The standard InChI is InChI=1S/C15H14N4O/c1-9-5-11(8-17-7-9)18-15(20)13-6-10-3-2-4-12(16)14(10)19-13/h2-8,19H,16H2,1H3,(H,18,20). The van der Waals surface area contributed by atoms with Crippen molar-refractivity contribution in [1.29, 1.82) is 0 Å². The van der Waals surface area contributed by atoms with Gasteiger partial charge in [0, 0.05) is 11.6 Å². The number of aromatic nitrogens is 2. The SMILES string of the molecule is Cc1cncc(NC(=O)c2cc3cccc(N)c3[nH]2)c1. The molecule has 5 nitrogen and oxygen atoms in total. The van der Waals surface area contributed by atoms with E-state index in [0.717, 1.165) is 16.5 Å². The van der Waals surface area contributed by atoms with Crippen LogP contribution in [0.5, 0.6) is 0 Å². The number of nitrogens with two attached hydrogens (primary N) is 1. The van der Waals surface area contributed by atoms with E-state index in [2.05, 4.69) is 15.3 Å². The van der Waals surface area contributed by atoms with Crippen molar-refractivity contribution in [2.24, 2.45) is 0 Å². The maximum Gasteiger partial charge on any atom is 0.272 e. The topological polar surface area (TPSA) is 83.8 Å². The van der Waals surface area contributed by atoms with Crippen LogP contribution in [0, 0.1) is 6.92 Å². The van der Waals surface area contributed by atoms with Crippen molar-refractivity contribution in [1.82, 2.24) is 9.97 Å². The molecule has 0 saturated carbocycles. The molecule has 100 valence electrons. The number of nitrogens with one attached hydrogen (secondary N) is 2. The fourth-order valence-corrected chi connectivity index (χ4v) is 2.12. The molecule has 0 fully saturated rings. The highest BCUT2D eigenvalue weighted by molar-refractivity contribution is 6.07. The molecule has 1 amide bonds. The van der Waals surface area contributed by atoms with Gasteiger partial charge < -0.3 is 16.0 Å². The van der Waals surface area contributed by atoms with E-state index in [1.807, 2.05) is 25.1 Å². The van der Waals surface area contributed by atoms with Gasteiger partial charge in [-0.15, -0.1) is 0 Å². The van der Waals surface area contributed by atoms with E-state index in [4.69, 9.17) is 5.73 Å². The summed E-state index contributed by atoms with van der Waals surface area (Å²) in [5, 5.41) is 3.72. The minimum Gasteiger partial charge on any atom is -0.397 e. The molecule has 0 aliphatic rings. The third-order valence-corrected chi connectivity index (χ3v) is 3.07. The molecule has 0 saturated heterocycles. The number of para-hydroxylation sites is 1. The van der Waals surface area contributed by atoms with Crippen LogP contribution in [-0.2, 0) is 0 Å². The number of hydrogen-bond acceptors (Lipinski definition) is 3. The van der Waals surface area contributed by atoms with Crippen LogP contribution in [0.2, 0.25) is 0 Å². The molecule has 20 heavy (non-hydrogen) atoms. The minimum atomic E-state index is -0.215. The van der Waals surface area contributed by atoms with Crippen molar-refractivity contribution in [3.05, 3.63) is 54.0 Å². The highest BCUT2D eigenvalue weighted by atomic mass is 16.1. The molecule has 0 aliphatic carbocycles. The third kappa shape index (κ3) is 2.21. The number of carbonyl (C=O) groups excluding carboxylic acids is 1. The number of pyridine rings is 1. The summed E-state index contributed by atoms with van der Waals surface area (Å²) in [6.45, 7) is 1.92. The highest BCUT2D eigenvalue weighted by Crippen LogP contribution is 2.21. The van der Waals surface area contributed by atoms with Gasteiger partial charge in [0.1, 0.15) is 5.69 Å². The largest absolute Gasteiger partial charge is 0.397 e. The van der Waals surface area contributed by atoms with E-state index in [-0.39, 0.29) is 5.91 Å². The number of H-pyrrole nitrogens is 1. The Morgan fingerprint density at radius 2 is 2.15 bits per heavy atom. The van der Waals surface area contributed by atoms with Gasteiger partial charge >= 0.3 is 0 Å². The predicted octanol–water partition coefficient (Wildman–Crippen LogP) is 2.71. The summed E-state index contributed by atoms with van der Waals surface area (Å²) >= 11 is 0. The lowest BCUT2D eigenvalue weighted by atomic mass is 10.2. The molecule has 2 aromatic heterocycles. The van der Waals surface area contributed by atoms with E-state index < -0.39 is 0 Å². The quantitative estimate of drug-likeness (QED) is 0.623. The number of aromatic amines is 1. The van der Waals surface area contributed by atoms with Crippen LogP contribution < -0.4 is 11.1 Å². The number of fused-ring (bicyclic) bond motifs is 1. The maximum atomic E-state index is 12.2. The van der Waals surface area contributed by atoms with Gasteiger partial charge in [-0.05, 0) is 30.7 Å². The number of aryl methyl sites for hydroxylation is 1. The molecule has 0 unspecified atom stereocenters. The first kappa shape index (κ1) is 12.2. The Balaban J connectivity index is 1.91. The van der Waals surface area contributed by atoms with Crippen LogP contribution >= 0.6 is 0 Å². The first-order valence-corrected chi connectivity index (χ1v) is 6.24. The molecule has 3 rings (SSSR count). The van der Waals surface area contributed by atoms with E-state index in [1.165, 1.54) is 0 Å². The molecule has 0 radical (unpaired) electrons. The van der Waals surface area contributed by atoms with Crippen molar-refractivity contribution in [3.8, 4) is 0 Å². The summed E-state index contributed by atoms with van der Waals surface area (Å²) in [5.74, 6) is -0.215. The monoisotopic (exact) mass is 266 g/mol. The van der Waals surface area contributed by atoms with Crippen molar-refractivity contribution in [3.63, 3.8) is 0 Å². The van der Waals surface area contributed by atoms with E-state index in [1.54, 1.807) is 24.5 Å². The summed E-state index contributed by atoms with van der Waals surface area (Å²) in [5.41, 5.74) is 9.40. The molecule has 5 heteroatoms. The Kier molecular flexibility index (Phi) is 2.87. The van der Waals surface area contributed by atoms with Crippen LogP contribution in [0.4, 0.5) is 11.4 Å². The van der Waals surface area contributed by atoms with Crippen molar-refractivity contribution < 1.29 is 4.79 Å². The number of nitrogens with zero attached hydrogens (tertiary/aromatic N) is 1. The lowest BCUT2D eigenvalue weighted by Crippen LogP contribution is -2.12. The molecule has 2 heterocycles. The predicted molar refractivity (Wildman–Crippen MR) is 79.6 cm³/mol. The molecule has 0 aliphatic heterocycles. The molecule has 1 aromatic carbocycles. The molecule has 0 spiro atoms. The summed E-state index contributed by atoms with van der Waals surface area (Å²) in [6.07, 6.45) is 3.35.